The first-order valence-corrected chi connectivity index (χ1v) is 6.81. The zero-order valence-corrected chi connectivity index (χ0v) is 9.78. The van der Waals surface area contributed by atoms with Gasteiger partial charge in [0.1, 0.15) is 5.88 Å². The molecule has 82 valence electrons. The summed E-state index contributed by atoms with van der Waals surface area (Å²) >= 11 is 5.32. The molecule has 0 heterocycles. The van der Waals surface area contributed by atoms with Crippen molar-refractivity contribution < 1.29 is 13.2 Å². The van der Waals surface area contributed by atoms with Gasteiger partial charge in [-0.1, -0.05) is 0 Å². The minimum absolute atomic E-state index is 0.135. The molecule has 1 N–H and O–H groups in total. The van der Waals surface area contributed by atoms with Crippen LogP contribution in [0.15, 0.2) is 0 Å². The van der Waals surface area contributed by atoms with E-state index in [1.807, 2.05) is 0 Å². The number of hydrogen-bond donors (Lipinski definition) is 1. The first kappa shape index (κ1) is 11.8. The van der Waals surface area contributed by atoms with Crippen molar-refractivity contribution in [3.8, 4) is 0 Å². The lowest BCUT2D eigenvalue weighted by molar-refractivity contribution is -0.119. The van der Waals surface area contributed by atoms with Crippen LogP contribution in [0.3, 0.4) is 0 Å². The van der Waals surface area contributed by atoms with Gasteiger partial charge in [0.15, 0.2) is 9.84 Å². The van der Waals surface area contributed by atoms with Gasteiger partial charge in [-0.15, -0.1) is 11.6 Å². The molecule has 1 rings (SSSR count). The van der Waals surface area contributed by atoms with E-state index in [4.69, 9.17) is 11.6 Å². The maximum absolute atomic E-state index is 11.4. The second kappa shape index (κ2) is 3.70. The topological polar surface area (TPSA) is 63.2 Å². The number of halogens is 1. The van der Waals surface area contributed by atoms with Crippen LogP contribution in [0.25, 0.3) is 0 Å². The molecule has 0 bridgehead atoms. The van der Waals surface area contributed by atoms with Gasteiger partial charge in [-0.25, -0.2) is 8.42 Å². The summed E-state index contributed by atoms with van der Waals surface area (Å²) in [6.45, 7) is 1.71. The molecular formula is C8H14ClNO3S. The molecule has 0 aromatic carbocycles. The average molecular weight is 240 g/mol. The number of carbonyl (C=O) groups is 1. The van der Waals surface area contributed by atoms with Crippen LogP contribution in [0, 0.1) is 0 Å². The molecule has 1 atom stereocenters. The Labute approximate surface area is 88.9 Å². The van der Waals surface area contributed by atoms with Crippen LogP contribution in [0.2, 0.25) is 0 Å². The Balaban J connectivity index is 2.71. The predicted octanol–water partition coefficient (Wildman–Crippen LogP) is 0.307. The molecule has 14 heavy (non-hydrogen) atoms. The lowest BCUT2D eigenvalue weighted by atomic mass is 10.2. The van der Waals surface area contributed by atoms with Crippen molar-refractivity contribution in [1.82, 2.24) is 5.32 Å². The number of rotatable bonds is 4. The largest absolute Gasteiger partial charge is 0.351 e. The number of hydrogen-bond acceptors (Lipinski definition) is 3. The molecule has 0 saturated heterocycles. The van der Waals surface area contributed by atoms with Crippen LogP contribution in [0.1, 0.15) is 19.8 Å². The Morgan fingerprint density at radius 1 is 1.57 bits per heavy atom. The molecule has 1 unspecified atom stereocenters. The summed E-state index contributed by atoms with van der Waals surface area (Å²) in [6, 6.07) is -0.358. The summed E-state index contributed by atoms with van der Waals surface area (Å²) in [7, 11) is -3.10. The maximum Gasteiger partial charge on any atom is 0.235 e. The highest BCUT2D eigenvalue weighted by Gasteiger charge is 2.56. The zero-order chi connectivity index (χ0) is 11.0. The smallest absolute Gasteiger partial charge is 0.235 e. The van der Waals surface area contributed by atoms with E-state index in [-0.39, 0.29) is 17.8 Å². The second-order valence-electron chi connectivity index (χ2n) is 3.76. The van der Waals surface area contributed by atoms with Crippen LogP contribution in [-0.4, -0.2) is 37.2 Å². The highest BCUT2D eigenvalue weighted by atomic mass is 35.5. The predicted molar refractivity (Wildman–Crippen MR) is 55.1 cm³/mol. The fourth-order valence-electron chi connectivity index (χ4n) is 1.66. The average Bonchev–Trinajstić information content (AvgIpc) is 2.82. The molecule has 6 heteroatoms. The monoisotopic (exact) mass is 239 g/mol. The molecule has 1 fully saturated rings. The Morgan fingerprint density at radius 3 is 2.36 bits per heavy atom. The Hall–Kier alpha value is -0.290. The Morgan fingerprint density at radius 2 is 2.07 bits per heavy atom. The number of nitrogens with one attached hydrogen (secondary N) is 1. The van der Waals surface area contributed by atoms with Crippen LogP contribution in [0.4, 0.5) is 0 Å². The molecule has 0 aromatic heterocycles. The van der Waals surface area contributed by atoms with Gasteiger partial charge >= 0.3 is 0 Å². The molecule has 1 aliphatic carbocycles. The van der Waals surface area contributed by atoms with Crippen LogP contribution < -0.4 is 5.32 Å². The summed E-state index contributed by atoms with van der Waals surface area (Å²) in [5.41, 5.74) is 0. The third-order valence-electron chi connectivity index (χ3n) is 2.77. The molecule has 0 spiro atoms. The zero-order valence-electron chi connectivity index (χ0n) is 8.21. The van der Waals surface area contributed by atoms with E-state index >= 15 is 0 Å². The normalized spacial score (nSPS) is 21.4. The van der Waals surface area contributed by atoms with Gasteiger partial charge in [-0.2, -0.15) is 0 Å². The first-order chi connectivity index (χ1) is 6.33. The van der Waals surface area contributed by atoms with Crippen molar-refractivity contribution in [2.24, 2.45) is 0 Å². The van der Waals surface area contributed by atoms with Crippen LogP contribution in [-0.2, 0) is 14.6 Å². The second-order valence-corrected chi connectivity index (χ2v) is 6.38. The van der Waals surface area contributed by atoms with Gasteiger partial charge in [0.2, 0.25) is 5.91 Å². The summed E-state index contributed by atoms with van der Waals surface area (Å²) in [5, 5.41) is 2.59. The third-order valence-corrected chi connectivity index (χ3v) is 5.25. The van der Waals surface area contributed by atoms with Crippen molar-refractivity contribution in [2.75, 3.05) is 12.1 Å². The van der Waals surface area contributed by atoms with E-state index < -0.39 is 14.6 Å². The van der Waals surface area contributed by atoms with Crippen LogP contribution in [0.5, 0.6) is 0 Å². The molecular weight excluding hydrogens is 226 g/mol. The number of sulfone groups is 1. The number of amides is 1. The summed E-state index contributed by atoms with van der Waals surface area (Å²) in [6.07, 6.45) is 2.45. The lowest BCUT2D eigenvalue weighted by Crippen LogP contribution is -2.46. The lowest BCUT2D eigenvalue weighted by Gasteiger charge is -2.22. The molecule has 0 aliphatic heterocycles. The summed E-state index contributed by atoms with van der Waals surface area (Å²) in [4.78, 5) is 11.0. The van der Waals surface area contributed by atoms with Gasteiger partial charge in [0.25, 0.3) is 0 Å². The minimum atomic E-state index is -3.10. The van der Waals surface area contributed by atoms with E-state index in [0.29, 0.717) is 12.8 Å². The van der Waals surface area contributed by atoms with E-state index in [2.05, 4.69) is 5.32 Å². The van der Waals surface area contributed by atoms with Gasteiger partial charge in [-0.05, 0) is 19.8 Å². The molecule has 1 aliphatic rings. The SMILES string of the molecule is CC(NC(=O)CCl)C1(S(C)(=O)=O)CC1. The van der Waals surface area contributed by atoms with Gasteiger partial charge in [-0.3, -0.25) is 4.79 Å². The van der Waals surface area contributed by atoms with Gasteiger partial charge < -0.3 is 5.32 Å². The van der Waals surface area contributed by atoms with Gasteiger partial charge in [0.05, 0.1) is 4.75 Å². The summed E-state index contributed by atoms with van der Waals surface area (Å²) < 4.78 is 22.1. The van der Waals surface area contributed by atoms with E-state index in [1.54, 1.807) is 6.92 Å². The van der Waals surface area contributed by atoms with Crippen molar-refractivity contribution in [3.05, 3.63) is 0 Å². The van der Waals surface area contributed by atoms with E-state index in [9.17, 15) is 13.2 Å². The molecule has 0 aromatic rings. The molecule has 1 saturated carbocycles. The Bertz CT molecular complexity index is 334. The maximum atomic E-state index is 11.4. The van der Waals surface area contributed by atoms with E-state index in [1.165, 1.54) is 6.26 Å². The molecule has 1 amide bonds. The quantitative estimate of drug-likeness (QED) is 0.718. The van der Waals surface area contributed by atoms with Crippen molar-refractivity contribution >= 4 is 27.3 Å². The molecule has 4 nitrogen and oxygen atoms in total. The van der Waals surface area contributed by atoms with Crippen molar-refractivity contribution in [1.29, 1.82) is 0 Å². The van der Waals surface area contributed by atoms with Crippen LogP contribution >= 0.6 is 11.6 Å². The molecule has 0 radical (unpaired) electrons. The standard InChI is InChI=1S/C8H14ClNO3S/c1-6(10-7(11)5-9)8(3-4-8)14(2,12)13/h6H,3-5H2,1-2H3,(H,10,11). The van der Waals surface area contributed by atoms with E-state index in [0.717, 1.165) is 0 Å². The van der Waals surface area contributed by atoms with Gasteiger partial charge in [0, 0.05) is 12.3 Å². The van der Waals surface area contributed by atoms with Crippen molar-refractivity contribution in [2.45, 2.75) is 30.6 Å². The minimum Gasteiger partial charge on any atom is -0.351 e. The highest BCUT2D eigenvalue weighted by molar-refractivity contribution is 7.92. The fourth-order valence-corrected chi connectivity index (χ4v) is 3.28. The van der Waals surface area contributed by atoms with Crippen molar-refractivity contribution in [3.63, 3.8) is 0 Å². The number of alkyl halides is 1. The third kappa shape index (κ3) is 2.03. The Kier molecular flexibility index (Phi) is 3.11. The fraction of sp³-hybridized carbons (Fsp3) is 0.875. The highest BCUT2D eigenvalue weighted by Crippen LogP contribution is 2.45. The first-order valence-electron chi connectivity index (χ1n) is 4.38. The number of carbonyl (C=O) groups excluding carboxylic acids is 1. The summed E-state index contributed by atoms with van der Waals surface area (Å²) in [5.74, 6) is -0.460.